The van der Waals surface area contributed by atoms with E-state index in [2.05, 4.69) is 0 Å². The standard InChI is InChI=1S/C10H13ClO3S/c1-8-7-9(3-4-10(8)14-2)5-6-15(11,12)13/h3-4,7H,5-6H2,1-2H3. The van der Waals surface area contributed by atoms with Crippen LogP contribution in [-0.2, 0) is 15.5 Å². The summed E-state index contributed by atoms with van der Waals surface area (Å²) in [5.74, 6) is 0.757. The molecule has 0 saturated carbocycles. The number of hydrogen-bond acceptors (Lipinski definition) is 3. The van der Waals surface area contributed by atoms with Crippen LogP contribution in [0.15, 0.2) is 18.2 Å². The second-order valence-electron chi connectivity index (χ2n) is 3.30. The molecule has 1 aromatic rings. The molecular formula is C10H13ClO3S. The van der Waals surface area contributed by atoms with Crippen molar-refractivity contribution in [1.82, 2.24) is 0 Å². The number of benzene rings is 1. The molecule has 0 bridgehead atoms. The molecule has 0 N–H and O–H groups in total. The summed E-state index contributed by atoms with van der Waals surface area (Å²) in [5, 5.41) is 0. The first-order valence-electron chi connectivity index (χ1n) is 4.48. The summed E-state index contributed by atoms with van der Waals surface area (Å²) in [5.41, 5.74) is 1.93. The Balaban J connectivity index is 2.76. The molecule has 0 aliphatic rings. The van der Waals surface area contributed by atoms with Crippen LogP contribution in [-0.4, -0.2) is 21.3 Å². The first-order chi connectivity index (χ1) is 6.92. The molecular weight excluding hydrogens is 236 g/mol. The van der Waals surface area contributed by atoms with Crippen LogP contribution in [0.1, 0.15) is 11.1 Å². The SMILES string of the molecule is COc1ccc(CCS(=O)(=O)Cl)cc1C. The van der Waals surface area contributed by atoms with Gasteiger partial charge < -0.3 is 4.74 Å². The number of rotatable bonds is 4. The average Bonchev–Trinajstić information content (AvgIpc) is 2.14. The van der Waals surface area contributed by atoms with Crippen LogP contribution in [0, 0.1) is 6.92 Å². The van der Waals surface area contributed by atoms with Crippen LogP contribution >= 0.6 is 10.7 Å². The molecule has 3 nitrogen and oxygen atoms in total. The van der Waals surface area contributed by atoms with Gasteiger partial charge in [-0.15, -0.1) is 0 Å². The van der Waals surface area contributed by atoms with E-state index in [0.717, 1.165) is 16.9 Å². The van der Waals surface area contributed by atoms with E-state index in [1.165, 1.54) is 0 Å². The van der Waals surface area contributed by atoms with Crippen LogP contribution in [0.2, 0.25) is 0 Å². The molecule has 0 amide bonds. The molecule has 0 atom stereocenters. The zero-order valence-electron chi connectivity index (χ0n) is 8.66. The van der Waals surface area contributed by atoms with Gasteiger partial charge in [-0.2, -0.15) is 0 Å². The van der Waals surface area contributed by atoms with E-state index >= 15 is 0 Å². The predicted molar refractivity (Wildman–Crippen MR) is 61.1 cm³/mol. The molecule has 84 valence electrons. The third kappa shape index (κ3) is 4.10. The minimum Gasteiger partial charge on any atom is -0.496 e. The monoisotopic (exact) mass is 248 g/mol. The highest BCUT2D eigenvalue weighted by atomic mass is 35.7. The minimum absolute atomic E-state index is 0.0413. The normalized spacial score (nSPS) is 11.4. The maximum atomic E-state index is 10.8. The van der Waals surface area contributed by atoms with Crippen molar-refractivity contribution in [3.05, 3.63) is 29.3 Å². The fourth-order valence-corrected chi connectivity index (χ4v) is 2.05. The van der Waals surface area contributed by atoms with Crippen LogP contribution in [0.5, 0.6) is 5.75 Å². The average molecular weight is 249 g/mol. The van der Waals surface area contributed by atoms with Gasteiger partial charge in [-0.05, 0) is 30.5 Å². The fraction of sp³-hybridized carbons (Fsp3) is 0.400. The lowest BCUT2D eigenvalue weighted by Gasteiger charge is -2.06. The summed E-state index contributed by atoms with van der Waals surface area (Å²) in [6, 6.07) is 5.57. The Morgan fingerprint density at radius 2 is 2.07 bits per heavy atom. The van der Waals surface area contributed by atoms with Crippen LogP contribution in [0.4, 0.5) is 0 Å². The topological polar surface area (TPSA) is 43.4 Å². The third-order valence-corrected chi connectivity index (χ3v) is 3.25. The van der Waals surface area contributed by atoms with Gasteiger partial charge in [0.2, 0.25) is 9.05 Å². The molecule has 0 unspecified atom stereocenters. The largest absolute Gasteiger partial charge is 0.496 e. The van der Waals surface area contributed by atoms with Crippen molar-refractivity contribution in [2.45, 2.75) is 13.3 Å². The molecule has 0 radical (unpaired) electrons. The van der Waals surface area contributed by atoms with Gasteiger partial charge in [0.25, 0.3) is 0 Å². The van der Waals surface area contributed by atoms with E-state index in [4.69, 9.17) is 15.4 Å². The number of aryl methyl sites for hydroxylation is 2. The van der Waals surface area contributed by atoms with Crippen molar-refractivity contribution >= 4 is 19.7 Å². The second-order valence-corrected chi connectivity index (χ2v) is 6.19. The minimum atomic E-state index is -3.41. The number of methoxy groups -OCH3 is 1. The maximum absolute atomic E-state index is 10.8. The van der Waals surface area contributed by atoms with Gasteiger partial charge in [0.05, 0.1) is 12.9 Å². The third-order valence-electron chi connectivity index (χ3n) is 2.09. The first kappa shape index (κ1) is 12.3. The quantitative estimate of drug-likeness (QED) is 0.767. The lowest BCUT2D eigenvalue weighted by Crippen LogP contribution is -2.01. The van der Waals surface area contributed by atoms with E-state index in [9.17, 15) is 8.42 Å². The summed E-state index contributed by atoms with van der Waals surface area (Å²) in [4.78, 5) is 0. The highest BCUT2D eigenvalue weighted by molar-refractivity contribution is 8.13. The molecule has 0 heterocycles. The lowest BCUT2D eigenvalue weighted by molar-refractivity contribution is 0.411. The lowest BCUT2D eigenvalue weighted by atomic mass is 10.1. The van der Waals surface area contributed by atoms with Crippen molar-refractivity contribution in [2.75, 3.05) is 12.9 Å². The summed E-state index contributed by atoms with van der Waals surface area (Å²) < 4.78 is 26.6. The molecule has 1 rings (SSSR count). The van der Waals surface area contributed by atoms with E-state index in [-0.39, 0.29) is 5.75 Å². The van der Waals surface area contributed by atoms with Gasteiger partial charge in [0.1, 0.15) is 5.75 Å². The van der Waals surface area contributed by atoms with E-state index in [0.29, 0.717) is 6.42 Å². The Labute approximate surface area is 94.4 Å². The Hall–Kier alpha value is -0.740. The number of halogens is 1. The molecule has 0 saturated heterocycles. The van der Waals surface area contributed by atoms with Gasteiger partial charge in [-0.25, -0.2) is 8.42 Å². The summed E-state index contributed by atoms with van der Waals surface area (Å²) in [6.07, 6.45) is 0.427. The summed E-state index contributed by atoms with van der Waals surface area (Å²) >= 11 is 0. The molecule has 1 aromatic carbocycles. The molecule has 15 heavy (non-hydrogen) atoms. The number of hydrogen-bond donors (Lipinski definition) is 0. The maximum Gasteiger partial charge on any atom is 0.232 e. The van der Waals surface area contributed by atoms with Crippen LogP contribution in [0.3, 0.4) is 0 Å². The zero-order valence-corrected chi connectivity index (χ0v) is 10.2. The zero-order chi connectivity index (χ0) is 11.5. The van der Waals surface area contributed by atoms with E-state index in [1.54, 1.807) is 7.11 Å². The fourth-order valence-electron chi connectivity index (χ4n) is 1.34. The van der Waals surface area contributed by atoms with Gasteiger partial charge in [-0.1, -0.05) is 12.1 Å². The van der Waals surface area contributed by atoms with Gasteiger partial charge in [0, 0.05) is 10.7 Å². The van der Waals surface area contributed by atoms with E-state index in [1.807, 2.05) is 25.1 Å². The van der Waals surface area contributed by atoms with Gasteiger partial charge in [0.15, 0.2) is 0 Å². The molecule has 0 fully saturated rings. The Morgan fingerprint density at radius 1 is 1.40 bits per heavy atom. The van der Waals surface area contributed by atoms with Crippen molar-refractivity contribution in [3.8, 4) is 5.75 Å². The Morgan fingerprint density at radius 3 is 2.53 bits per heavy atom. The van der Waals surface area contributed by atoms with Gasteiger partial charge >= 0.3 is 0 Å². The number of ether oxygens (including phenoxy) is 1. The highest BCUT2D eigenvalue weighted by Gasteiger charge is 2.06. The molecule has 0 spiro atoms. The molecule has 0 aromatic heterocycles. The first-order valence-corrected chi connectivity index (χ1v) is 6.96. The smallest absolute Gasteiger partial charge is 0.232 e. The van der Waals surface area contributed by atoms with E-state index < -0.39 is 9.05 Å². The van der Waals surface area contributed by atoms with Crippen LogP contribution in [0.25, 0.3) is 0 Å². The van der Waals surface area contributed by atoms with Gasteiger partial charge in [-0.3, -0.25) is 0 Å². The Kier molecular flexibility index (Phi) is 3.99. The summed E-state index contributed by atoms with van der Waals surface area (Å²) in [6.45, 7) is 1.91. The predicted octanol–water partition coefficient (Wildman–Crippen LogP) is 2.11. The van der Waals surface area contributed by atoms with Crippen molar-refractivity contribution < 1.29 is 13.2 Å². The van der Waals surface area contributed by atoms with Crippen molar-refractivity contribution in [3.63, 3.8) is 0 Å². The van der Waals surface area contributed by atoms with Crippen molar-refractivity contribution in [2.24, 2.45) is 0 Å². The molecule has 0 aliphatic carbocycles. The second kappa shape index (κ2) is 4.86. The molecule has 0 aliphatic heterocycles. The van der Waals surface area contributed by atoms with Crippen LogP contribution < -0.4 is 4.74 Å². The summed E-state index contributed by atoms with van der Waals surface area (Å²) in [7, 11) is 3.32. The molecule has 5 heteroatoms. The Bertz CT molecular complexity index is 440. The highest BCUT2D eigenvalue weighted by Crippen LogP contribution is 2.19. The van der Waals surface area contributed by atoms with Crippen molar-refractivity contribution in [1.29, 1.82) is 0 Å².